The van der Waals surface area contributed by atoms with Gasteiger partial charge in [-0.2, -0.15) is 0 Å². The summed E-state index contributed by atoms with van der Waals surface area (Å²) in [5.41, 5.74) is 6.29. The maximum atomic E-state index is 11.4. The van der Waals surface area contributed by atoms with Crippen LogP contribution in [0.15, 0.2) is 54.6 Å². The van der Waals surface area contributed by atoms with Gasteiger partial charge < -0.3 is 4.57 Å². The molecule has 0 radical (unpaired) electrons. The number of benzene rings is 2. The van der Waals surface area contributed by atoms with Gasteiger partial charge in [-0.25, -0.2) is 5.84 Å². The molecule has 1 heterocycles. The average molecular weight is 279 g/mol. The largest absolute Gasteiger partial charge is 0.340 e. The van der Waals surface area contributed by atoms with Crippen LogP contribution in [0.5, 0.6) is 0 Å². The molecule has 0 aliphatic heterocycles. The van der Waals surface area contributed by atoms with E-state index in [1.54, 1.807) is 12.1 Å². The highest BCUT2D eigenvalue weighted by Crippen LogP contribution is 2.20. The number of hydrogen-bond acceptors (Lipinski definition) is 2. The lowest BCUT2D eigenvalue weighted by molar-refractivity contribution is 0.0953. The predicted octanol–water partition coefficient (Wildman–Crippen LogP) is 2.60. The minimum atomic E-state index is -0.274. The van der Waals surface area contributed by atoms with E-state index in [9.17, 15) is 4.79 Å². The van der Waals surface area contributed by atoms with Gasteiger partial charge >= 0.3 is 0 Å². The van der Waals surface area contributed by atoms with Crippen LogP contribution in [0.4, 0.5) is 0 Å². The van der Waals surface area contributed by atoms with Crippen molar-refractivity contribution in [2.75, 3.05) is 0 Å². The van der Waals surface area contributed by atoms with Crippen molar-refractivity contribution in [3.05, 3.63) is 71.4 Å². The van der Waals surface area contributed by atoms with Gasteiger partial charge in [0, 0.05) is 23.3 Å². The molecule has 0 unspecified atom stereocenters. The Morgan fingerprint density at radius 1 is 1.14 bits per heavy atom. The zero-order valence-corrected chi connectivity index (χ0v) is 11.8. The van der Waals surface area contributed by atoms with Gasteiger partial charge in [-0.05, 0) is 42.1 Å². The van der Waals surface area contributed by atoms with Crippen molar-refractivity contribution in [3.8, 4) is 0 Å². The van der Waals surface area contributed by atoms with E-state index in [-0.39, 0.29) is 5.91 Å². The van der Waals surface area contributed by atoms with Crippen molar-refractivity contribution in [1.82, 2.24) is 9.99 Å². The number of para-hydroxylation sites is 1. The Morgan fingerprint density at radius 3 is 2.57 bits per heavy atom. The lowest BCUT2D eigenvalue weighted by Crippen LogP contribution is -2.29. The highest BCUT2D eigenvalue weighted by Gasteiger charge is 2.07. The Morgan fingerprint density at radius 2 is 1.86 bits per heavy atom. The monoisotopic (exact) mass is 279 g/mol. The molecule has 0 atom stereocenters. The number of nitrogen functional groups attached to an aromatic ring is 1. The van der Waals surface area contributed by atoms with Crippen LogP contribution in [0.1, 0.15) is 21.6 Å². The molecule has 1 aromatic heterocycles. The fraction of sp³-hybridized carbons (Fsp3) is 0.118. The first-order valence-corrected chi connectivity index (χ1v) is 6.84. The standard InChI is InChI=1S/C17H17N3O/c1-12-10-15-4-2-3-5-16(15)20(12)11-13-6-8-14(9-7-13)17(21)19-18/h2-10H,11,18H2,1H3,(H,19,21). The molecule has 2 aromatic carbocycles. The number of rotatable bonds is 3. The molecule has 0 saturated carbocycles. The van der Waals surface area contributed by atoms with Crippen LogP contribution in [-0.2, 0) is 6.54 Å². The van der Waals surface area contributed by atoms with Crippen LogP contribution in [-0.4, -0.2) is 10.5 Å². The number of carbonyl (C=O) groups excluding carboxylic acids is 1. The summed E-state index contributed by atoms with van der Waals surface area (Å²) in [5, 5.41) is 1.24. The Kier molecular flexibility index (Phi) is 3.46. The molecule has 106 valence electrons. The number of nitrogens with two attached hydrogens (primary N) is 1. The fourth-order valence-electron chi connectivity index (χ4n) is 2.59. The number of aryl methyl sites for hydroxylation is 1. The number of carbonyl (C=O) groups is 1. The Balaban J connectivity index is 1.92. The zero-order valence-electron chi connectivity index (χ0n) is 11.8. The quantitative estimate of drug-likeness (QED) is 0.440. The van der Waals surface area contributed by atoms with Gasteiger partial charge in [0.15, 0.2) is 0 Å². The van der Waals surface area contributed by atoms with Gasteiger partial charge in [0.25, 0.3) is 5.91 Å². The Bertz CT molecular complexity index is 787. The number of nitrogens with zero attached hydrogens (tertiary/aromatic N) is 1. The smallest absolute Gasteiger partial charge is 0.265 e. The average Bonchev–Trinajstić information content (AvgIpc) is 2.83. The highest BCUT2D eigenvalue weighted by molar-refractivity contribution is 5.93. The maximum absolute atomic E-state index is 11.4. The summed E-state index contributed by atoms with van der Waals surface area (Å²) in [6, 6.07) is 18.0. The molecule has 3 N–H and O–H groups in total. The summed E-state index contributed by atoms with van der Waals surface area (Å²) in [5.74, 6) is 4.86. The van der Waals surface area contributed by atoms with E-state index in [2.05, 4.69) is 35.1 Å². The minimum absolute atomic E-state index is 0.274. The molecule has 0 bridgehead atoms. The molecule has 1 amide bonds. The van der Waals surface area contributed by atoms with E-state index < -0.39 is 0 Å². The Hall–Kier alpha value is -2.59. The lowest BCUT2D eigenvalue weighted by atomic mass is 10.1. The van der Waals surface area contributed by atoms with E-state index >= 15 is 0 Å². The summed E-state index contributed by atoms with van der Waals surface area (Å²) in [6.45, 7) is 2.89. The van der Waals surface area contributed by atoms with Crippen LogP contribution in [0, 0.1) is 6.92 Å². The number of aromatic nitrogens is 1. The molecule has 0 saturated heterocycles. The van der Waals surface area contributed by atoms with E-state index in [0.717, 1.165) is 12.1 Å². The van der Waals surface area contributed by atoms with Gasteiger partial charge in [-0.3, -0.25) is 10.2 Å². The van der Waals surface area contributed by atoms with E-state index in [1.165, 1.54) is 16.6 Å². The molecule has 0 aliphatic rings. The molecule has 21 heavy (non-hydrogen) atoms. The molecule has 3 aromatic rings. The zero-order chi connectivity index (χ0) is 14.8. The second kappa shape index (κ2) is 5.42. The van der Waals surface area contributed by atoms with Crippen molar-refractivity contribution in [3.63, 3.8) is 0 Å². The summed E-state index contributed by atoms with van der Waals surface area (Å²) in [6.07, 6.45) is 0. The van der Waals surface area contributed by atoms with Gasteiger partial charge in [-0.15, -0.1) is 0 Å². The third-order valence-corrected chi connectivity index (χ3v) is 3.71. The summed E-state index contributed by atoms with van der Waals surface area (Å²) < 4.78 is 2.27. The van der Waals surface area contributed by atoms with E-state index in [1.807, 2.05) is 24.3 Å². The number of nitrogens with one attached hydrogen (secondary N) is 1. The van der Waals surface area contributed by atoms with E-state index in [0.29, 0.717) is 5.56 Å². The SMILES string of the molecule is Cc1cc2ccccc2n1Cc1ccc(C(=O)NN)cc1. The number of fused-ring (bicyclic) bond motifs is 1. The van der Waals surface area contributed by atoms with Gasteiger partial charge in [-0.1, -0.05) is 30.3 Å². The maximum Gasteiger partial charge on any atom is 0.265 e. The van der Waals surface area contributed by atoms with Crippen LogP contribution in [0.2, 0.25) is 0 Å². The van der Waals surface area contributed by atoms with Crippen LogP contribution < -0.4 is 11.3 Å². The third-order valence-electron chi connectivity index (χ3n) is 3.71. The molecule has 4 heteroatoms. The molecule has 0 aliphatic carbocycles. The first kappa shape index (κ1) is 13.4. The van der Waals surface area contributed by atoms with Crippen molar-refractivity contribution < 1.29 is 4.79 Å². The van der Waals surface area contributed by atoms with Gasteiger partial charge in [0.2, 0.25) is 0 Å². The first-order valence-electron chi connectivity index (χ1n) is 6.84. The molecule has 0 spiro atoms. The number of hydrazine groups is 1. The fourth-order valence-corrected chi connectivity index (χ4v) is 2.59. The first-order chi connectivity index (χ1) is 10.2. The predicted molar refractivity (Wildman–Crippen MR) is 83.9 cm³/mol. The Labute approximate surface area is 123 Å². The molecule has 0 fully saturated rings. The van der Waals surface area contributed by atoms with Gasteiger partial charge in [0.05, 0.1) is 0 Å². The topological polar surface area (TPSA) is 60.0 Å². The molecular formula is C17H17N3O. The van der Waals surface area contributed by atoms with Crippen LogP contribution in [0.3, 0.4) is 0 Å². The highest BCUT2D eigenvalue weighted by atomic mass is 16.2. The van der Waals surface area contributed by atoms with E-state index in [4.69, 9.17) is 5.84 Å². The lowest BCUT2D eigenvalue weighted by Gasteiger charge is -2.09. The number of amides is 1. The van der Waals surface area contributed by atoms with Crippen LogP contribution >= 0.6 is 0 Å². The summed E-state index contributed by atoms with van der Waals surface area (Å²) >= 11 is 0. The van der Waals surface area contributed by atoms with Crippen molar-refractivity contribution >= 4 is 16.8 Å². The normalized spacial score (nSPS) is 10.8. The second-order valence-corrected chi connectivity index (χ2v) is 5.10. The minimum Gasteiger partial charge on any atom is -0.340 e. The second-order valence-electron chi connectivity index (χ2n) is 5.10. The van der Waals surface area contributed by atoms with Crippen LogP contribution in [0.25, 0.3) is 10.9 Å². The molecule has 4 nitrogen and oxygen atoms in total. The van der Waals surface area contributed by atoms with Crippen molar-refractivity contribution in [1.29, 1.82) is 0 Å². The molecular weight excluding hydrogens is 262 g/mol. The third kappa shape index (κ3) is 2.53. The molecule has 3 rings (SSSR count). The summed E-state index contributed by atoms with van der Waals surface area (Å²) in [4.78, 5) is 11.4. The van der Waals surface area contributed by atoms with Gasteiger partial charge in [0.1, 0.15) is 0 Å². The van der Waals surface area contributed by atoms with Crippen molar-refractivity contribution in [2.24, 2.45) is 5.84 Å². The van der Waals surface area contributed by atoms with Crippen molar-refractivity contribution in [2.45, 2.75) is 13.5 Å². The number of hydrogen-bond donors (Lipinski definition) is 2. The summed E-state index contributed by atoms with van der Waals surface area (Å²) in [7, 11) is 0.